The van der Waals surface area contributed by atoms with Crippen LogP contribution in [-0.4, -0.2) is 238 Å². The number of amides is 9. The molecule has 0 aromatic heterocycles. The monoisotopic (exact) mass is 1490 g/mol. The van der Waals surface area contributed by atoms with E-state index in [0.717, 1.165) is 4.90 Å². The summed E-state index contributed by atoms with van der Waals surface area (Å²) in [5, 5.41) is 24.8. The number of carbonyl (C=O) groups excluding carboxylic acids is 10. The molecule has 5 aliphatic rings. The lowest BCUT2D eigenvalue weighted by molar-refractivity contribution is -0.177. The second-order valence-corrected chi connectivity index (χ2v) is 29.6. The molecule has 102 heavy (non-hydrogen) atoms. The van der Waals surface area contributed by atoms with Gasteiger partial charge in [-0.3, -0.25) is 24.0 Å². The number of alkyl halides is 12. The molecule has 0 aliphatic carbocycles. The van der Waals surface area contributed by atoms with E-state index in [4.69, 9.17) is 45.7 Å². The minimum absolute atomic E-state index is 0.0284. The van der Waals surface area contributed by atoms with Gasteiger partial charge in [0.05, 0.1) is 23.2 Å². The van der Waals surface area contributed by atoms with Crippen LogP contribution < -0.4 is 32.7 Å². The number of nitrogens with one attached hydrogen (secondary N) is 4. The Hall–Kier alpha value is -8.04. The van der Waals surface area contributed by atoms with Crippen LogP contribution in [-0.2, 0) is 47.7 Å². The Bertz CT molecular complexity index is 2950. The molecule has 40 heteroatoms. The van der Waals surface area contributed by atoms with Gasteiger partial charge in [0.25, 0.3) is 0 Å². The second kappa shape index (κ2) is 35.9. The van der Waals surface area contributed by atoms with Crippen molar-refractivity contribution < 1.29 is 124 Å². The first-order valence-corrected chi connectivity index (χ1v) is 32.1. The van der Waals surface area contributed by atoms with E-state index in [2.05, 4.69) is 6.07 Å². The highest BCUT2D eigenvalue weighted by molar-refractivity contribution is 5.85. The van der Waals surface area contributed by atoms with E-state index in [1.165, 1.54) is 15.1 Å². The van der Waals surface area contributed by atoms with Crippen molar-refractivity contribution in [1.29, 1.82) is 10.5 Å². The van der Waals surface area contributed by atoms with E-state index in [1.54, 1.807) is 88.8 Å². The SMILES string of the molecule is CC(C)(C)OC(=O)N1CCC(=O)CC1.CC(C)(C)OC(=O)N1CCC(C#N)(NC(=O)C(F)(F)F)CC1.CC(C)(C)OC(=O)N1CCC(CN)(NC(=O)C(F)(F)F)CC1.CC(C)(C)OC(=O)N1CCC(CNC(=O)C(F)(F)F)(NC(=O)C(F)(F)F)CC1.CC(C)(C)OC(=O)N1CCC(N)(C#N)CC1. The van der Waals surface area contributed by atoms with Crippen molar-refractivity contribution in [2.45, 2.75) is 243 Å². The first kappa shape index (κ1) is 92.0. The van der Waals surface area contributed by atoms with Crippen LogP contribution in [0.15, 0.2) is 0 Å². The second-order valence-electron chi connectivity index (χ2n) is 29.6. The van der Waals surface area contributed by atoms with Crippen LogP contribution in [0.3, 0.4) is 0 Å². The number of ether oxygens (including phenoxy) is 5. The Kier molecular flexibility index (Phi) is 32.4. The normalized spacial score (nSPS) is 18.5. The van der Waals surface area contributed by atoms with Gasteiger partial charge in [-0.05, 0) is 142 Å². The third kappa shape index (κ3) is 34.3. The predicted molar refractivity (Wildman–Crippen MR) is 337 cm³/mol. The maximum atomic E-state index is 12.6. The number of nitrogens with zero attached hydrogens (tertiary/aromatic N) is 7. The van der Waals surface area contributed by atoms with Gasteiger partial charge in [-0.15, -0.1) is 0 Å². The van der Waals surface area contributed by atoms with Gasteiger partial charge in [0.1, 0.15) is 44.9 Å². The summed E-state index contributed by atoms with van der Waals surface area (Å²) >= 11 is 0. The quantitative estimate of drug-likeness (QED) is 0.107. The average Bonchev–Trinajstić information content (AvgIpc) is 0.828. The summed E-state index contributed by atoms with van der Waals surface area (Å²) in [5.41, 5.74) is 2.90. The lowest BCUT2D eigenvalue weighted by atomic mass is 9.87. The van der Waals surface area contributed by atoms with Gasteiger partial charge in [0.2, 0.25) is 0 Å². The van der Waals surface area contributed by atoms with Crippen LogP contribution in [0.1, 0.15) is 168 Å². The third-order valence-electron chi connectivity index (χ3n) is 14.8. The summed E-state index contributed by atoms with van der Waals surface area (Å²) in [6.07, 6.45) is -21.6. The molecule has 0 saturated carbocycles. The van der Waals surface area contributed by atoms with Crippen LogP contribution in [0, 0.1) is 22.7 Å². The third-order valence-corrected chi connectivity index (χ3v) is 14.8. The Balaban J connectivity index is 0.000000649. The average molecular weight is 1490 g/mol. The lowest BCUT2D eigenvalue weighted by Crippen LogP contribution is -2.63. The van der Waals surface area contributed by atoms with Gasteiger partial charge in [-0.1, -0.05) is 0 Å². The number of carbonyl (C=O) groups is 10. The van der Waals surface area contributed by atoms with Crippen LogP contribution in [0.25, 0.3) is 0 Å². The topological polar surface area (TPSA) is 381 Å². The zero-order chi connectivity index (χ0) is 79.5. The molecule has 584 valence electrons. The highest BCUT2D eigenvalue weighted by atomic mass is 19.4. The van der Waals surface area contributed by atoms with Crippen molar-refractivity contribution in [3.05, 3.63) is 0 Å². The van der Waals surface area contributed by atoms with Crippen molar-refractivity contribution in [3.8, 4) is 12.1 Å². The van der Waals surface area contributed by atoms with E-state index < -0.39 is 123 Å². The number of nitrogens with two attached hydrogens (primary N) is 2. The first-order chi connectivity index (χ1) is 45.9. The zero-order valence-electron chi connectivity index (χ0n) is 60.0. The molecule has 5 aliphatic heterocycles. The van der Waals surface area contributed by atoms with Gasteiger partial charge in [0, 0.05) is 104 Å². The molecule has 0 radical (unpaired) electrons. The molecule has 5 saturated heterocycles. The number of ketones is 1. The molecule has 8 N–H and O–H groups in total. The number of Topliss-reactive ketones (excluding diaryl/α,β-unsaturated/α-hetero) is 1. The maximum absolute atomic E-state index is 12.6. The summed E-state index contributed by atoms with van der Waals surface area (Å²) in [7, 11) is 0. The van der Waals surface area contributed by atoms with E-state index >= 15 is 0 Å². The molecule has 9 amide bonds. The molecule has 0 atom stereocenters. The van der Waals surface area contributed by atoms with Gasteiger partial charge in [-0.25, -0.2) is 24.0 Å². The van der Waals surface area contributed by atoms with Gasteiger partial charge >= 0.3 is 78.8 Å². The van der Waals surface area contributed by atoms with Crippen LogP contribution in [0.4, 0.5) is 76.7 Å². The Labute approximate surface area is 584 Å². The molecule has 0 bridgehead atoms. The van der Waals surface area contributed by atoms with Crippen molar-refractivity contribution in [2.75, 3.05) is 78.5 Å². The van der Waals surface area contributed by atoms with Gasteiger partial charge in [0.15, 0.2) is 0 Å². The molecule has 5 heterocycles. The Morgan fingerprint density at radius 3 is 0.892 bits per heavy atom. The van der Waals surface area contributed by atoms with E-state index in [-0.39, 0.29) is 102 Å². The Morgan fingerprint density at radius 1 is 0.392 bits per heavy atom. The highest BCUT2D eigenvalue weighted by Gasteiger charge is 2.50. The van der Waals surface area contributed by atoms with Crippen LogP contribution in [0.5, 0.6) is 0 Å². The summed E-state index contributed by atoms with van der Waals surface area (Å²) < 4.78 is 175. The molecule has 5 fully saturated rings. The number of piperidine rings is 5. The number of hydrogen-bond donors (Lipinski definition) is 6. The fraction of sp³-hybridized carbons (Fsp3) is 0.806. The summed E-state index contributed by atoms with van der Waals surface area (Å²) in [4.78, 5) is 121. The molecule has 5 rings (SSSR count). The fourth-order valence-corrected chi connectivity index (χ4v) is 9.33. The molecule has 0 aromatic rings. The van der Waals surface area contributed by atoms with Gasteiger partial charge < -0.3 is 80.9 Å². The van der Waals surface area contributed by atoms with E-state index in [0.29, 0.717) is 51.9 Å². The fourth-order valence-electron chi connectivity index (χ4n) is 9.33. The Morgan fingerprint density at radius 2 is 0.637 bits per heavy atom. The summed E-state index contributed by atoms with van der Waals surface area (Å²) in [6, 6.07) is 3.80. The highest BCUT2D eigenvalue weighted by Crippen LogP contribution is 2.31. The smallest absolute Gasteiger partial charge is 0.444 e. The van der Waals surface area contributed by atoms with Crippen molar-refractivity contribution in [2.24, 2.45) is 11.5 Å². The van der Waals surface area contributed by atoms with Crippen molar-refractivity contribution >= 4 is 59.9 Å². The molecule has 28 nitrogen and oxygen atoms in total. The van der Waals surface area contributed by atoms with Crippen LogP contribution in [0.2, 0.25) is 0 Å². The van der Waals surface area contributed by atoms with Crippen LogP contribution >= 0.6 is 0 Å². The number of likely N-dealkylation sites (tertiary alicyclic amines) is 5. The lowest BCUT2D eigenvalue weighted by Gasteiger charge is -2.42. The standard InChI is InChI=1S/C15H21F6N3O4.C13H22F3N3O3.C13H18F3N3O3.C11H19N3O2.C10H17NO3/c1-12(2,3)28-11(27)24-6-4-13(5-7-24,23-10(26)15(19,20)21)8-22-9(25)14(16,17)18;2*1-11(2,3)22-10(21)19-6-4-12(8-17,5-7-19)18-9(20)13(14,15)16;1-10(2,3)16-9(15)14-6-4-11(13,8-12)5-7-14;1-10(2,3)14-9(13)11-6-4-8(12)5-7-11/h4-8H2,1-3H3,(H,22,25)(H,23,26);4-8,17H2,1-3H3,(H,18,20);4-7H2,1-3H3,(H,18,20);4-7,13H2,1-3H3;4-7H2,1-3H3. The van der Waals surface area contributed by atoms with Gasteiger partial charge in [-0.2, -0.15) is 63.2 Å². The minimum atomic E-state index is -5.26. The maximum Gasteiger partial charge on any atom is 0.471 e. The molecular formula is C62H97F12N13O15. The first-order valence-electron chi connectivity index (χ1n) is 32.1. The summed E-state index contributed by atoms with van der Waals surface area (Å²) in [6.45, 7) is 27.0. The molecule has 0 unspecified atom stereocenters. The summed E-state index contributed by atoms with van der Waals surface area (Å²) in [5.74, 6) is -8.63. The number of halogens is 12. The number of nitriles is 2. The van der Waals surface area contributed by atoms with Crippen molar-refractivity contribution in [3.63, 3.8) is 0 Å². The number of hydrogen-bond acceptors (Lipinski definition) is 19. The predicted octanol–water partition coefficient (Wildman–Crippen LogP) is 8.29. The number of rotatable bonds is 6. The molecular weight excluding hydrogens is 1390 g/mol. The van der Waals surface area contributed by atoms with Crippen molar-refractivity contribution in [1.82, 2.24) is 45.8 Å². The molecule has 0 spiro atoms. The minimum Gasteiger partial charge on any atom is -0.444 e. The van der Waals surface area contributed by atoms with E-state index in [9.17, 15) is 101 Å². The van der Waals surface area contributed by atoms with E-state index in [1.807, 2.05) is 46.9 Å². The zero-order valence-corrected chi connectivity index (χ0v) is 60.0. The largest absolute Gasteiger partial charge is 0.471 e. The molecule has 0 aromatic carbocycles.